The molecule has 0 spiro atoms. The molecule has 1 rings (SSSR count). The van der Waals surface area contributed by atoms with Gasteiger partial charge in [0, 0.05) is 6.42 Å². The molecule has 0 amide bonds. The quantitative estimate of drug-likeness (QED) is 0.465. The van der Waals surface area contributed by atoms with Gasteiger partial charge in [0.2, 0.25) is 0 Å². The first-order valence-electron chi connectivity index (χ1n) is 4.26. The highest BCUT2D eigenvalue weighted by Crippen LogP contribution is 2.00. The number of thiol groups is 1. The average Bonchev–Trinajstić information content (AvgIpc) is 2.17. The van der Waals surface area contributed by atoms with Crippen molar-refractivity contribution in [2.75, 3.05) is 5.75 Å². The van der Waals surface area contributed by atoms with Crippen LogP contribution in [0.1, 0.15) is 12.0 Å². The maximum absolute atomic E-state index is 5.63. The molecule has 78 valence electrons. The Morgan fingerprint density at radius 1 is 1.29 bits per heavy atom. The molecular weight excluding hydrogens is 216 g/mol. The molecule has 1 aromatic rings. The van der Waals surface area contributed by atoms with Crippen LogP contribution in [0.2, 0.25) is 0 Å². The SMILES string of the molecule is Cl.NC(CCS)=NCc1ccccc1. The zero-order valence-electron chi connectivity index (χ0n) is 7.89. The topological polar surface area (TPSA) is 38.4 Å². The first-order chi connectivity index (χ1) is 6.33. The summed E-state index contributed by atoms with van der Waals surface area (Å²) in [5.41, 5.74) is 6.82. The molecule has 0 aliphatic heterocycles. The highest BCUT2D eigenvalue weighted by atomic mass is 35.5. The van der Waals surface area contributed by atoms with Crippen molar-refractivity contribution in [1.29, 1.82) is 0 Å². The van der Waals surface area contributed by atoms with Crippen molar-refractivity contribution in [3.63, 3.8) is 0 Å². The van der Waals surface area contributed by atoms with Crippen molar-refractivity contribution < 1.29 is 0 Å². The molecule has 1 aromatic carbocycles. The Bertz CT molecular complexity index is 275. The highest BCUT2D eigenvalue weighted by Gasteiger charge is 1.91. The summed E-state index contributed by atoms with van der Waals surface area (Å²) in [6.45, 7) is 0.667. The van der Waals surface area contributed by atoms with Gasteiger partial charge in [-0.1, -0.05) is 30.3 Å². The number of hydrogen-bond acceptors (Lipinski definition) is 2. The molecule has 0 aromatic heterocycles. The fourth-order valence-electron chi connectivity index (χ4n) is 0.970. The maximum Gasteiger partial charge on any atom is 0.0949 e. The minimum Gasteiger partial charge on any atom is -0.387 e. The van der Waals surface area contributed by atoms with Crippen molar-refractivity contribution in [3.05, 3.63) is 35.9 Å². The number of rotatable bonds is 4. The molecule has 0 saturated carbocycles. The second kappa shape index (κ2) is 7.71. The molecule has 2 nitrogen and oxygen atoms in total. The number of halogens is 1. The van der Waals surface area contributed by atoms with E-state index in [0.29, 0.717) is 12.4 Å². The van der Waals surface area contributed by atoms with Crippen LogP contribution in [0, 0.1) is 0 Å². The Labute approximate surface area is 96.4 Å². The normalized spacial score (nSPS) is 10.8. The number of nitrogens with two attached hydrogens (primary N) is 1. The van der Waals surface area contributed by atoms with E-state index in [1.54, 1.807) is 0 Å². The zero-order valence-corrected chi connectivity index (χ0v) is 9.60. The molecule has 0 aliphatic carbocycles. The summed E-state index contributed by atoms with van der Waals surface area (Å²) in [4.78, 5) is 4.23. The minimum atomic E-state index is 0. The molecule has 2 N–H and O–H groups in total. The van der Waals surface area contributed by atoms with E-state index < -0.39 is 0 Å². The number of benzene rings is 1. The molecule has 0 bridgehead atoms. The largest absolute Gasteiger partial charge is 0.387 e. The van der Waals surface area contributed by atoms with Gasteiger partial charge in [-0.3, -0.25) is 4.99 Å². The van der Waals surface area contributed by atoms with Gasteiger partial charge in [-0.25, -0.2) is 0 Å². The monoisotopic (exact) mass is 230 g/mol. The van der Waals surface area contributed by atoms with E-state index in [1.165, 1.54) is 5.56 Å². The molecule has 0 radical (unpaired) electrons. The lowest BCUT2D eigenvalue weighted by Crippen LogP contribution is -2.12. The third kappa shape index (κ3) is 5.14. The number of hydrogen-bond donors (Lipinski definition) is 2. The van der Waals surface area contributed by atoms with Gasteiger partial charge in [0.25, 0.3) is 0 Å². The second-order valence-electron chi connectivity index (χ2n) is 2.77. The van der Waals surface area contributed by atoms with Gasteiger partial charge in [0.15, 0.2) is 0 Å². The van der Waals surface area contributed by atoms with Crippen LogP contribution in [0.25, 0.3) is 0 Å². The van der Waals surface area contributed by atoms with Crippen molar-refractivity contribution in [2.24, 2.45) is 10.7 Å². The lowest BCUT2D eigenvalue weighted by molar-refractivity contribution is 1.04. The van der Waals surface area contributed by atoms with Crippen LogP contribution in [0.3, 0.4) is 0 Å². The predicted octanol–water partition coefficient (Wildman–Crippen LogP) is 2.29. The Balaban J connectivity index is 0.00000169. The summed E-state index contributed by atoms with van der Waals surface area (Å²) >= 11 is 4.08. The molecule has 0 atom stereocenters. The first-order valence-corrected chi connectivity index (χ1v) is 4.89. The van der Waals surface area contributed by atoms with Crippen LogP contribution in [-0.2, 0) is 6.54 Å². The van der Waals surface area contributed by atoms with E-state index >= 15 is 0 Å². The predicted molar refractivity (Wildman–Crippen MR) is 67.5 cm³/mol. The van der Waals surface area contributed by atoms with E-state index in [9.17, 15) is 0 Å². The third-order valence-electron chi connectivity index (χ3n) is 1.68. The second-order valence-corrected chi connectivity index (χ2v) is 3.21. The Kier molecular flexibility index (Phi) is 7.34. The summed E-state index contributed by atoms with van der Waals surface area (Å²) in [6, 6.07) is 10.1. The van der Waals surface area contributed by atoms with Crippen LogP contribution >= 0.6 is 25.0 Å². The van der Waals surface area contributed by atoms with Crippen LogP contribution in [0.5, 0.6) is 0 Å². The Hall–Kier alpha value is -0.670. The molecule has 0 fully saturated rings. The summed E-state index contributed by atoms with van der Waals surface area (Å²) in [5.74, 6) is 1.43. The zero-order chi connectivity index (χ0) is 9.52. The molecular formula is C10H15ClN2S. The molecule has 0 heterocycles. The summed E-state index contributed by atoms with van der Waals surface area (Å²) in [6.07, 6.45) is 0.760. The number of nitrogens with zero attached hydrogens (tertiary/aromatic N) is 1. The van der Waals surface area contributed by atoms with Gasteiger partial charge in [0.1, 0.15) is 0 Å². The minimum absolute atomic E-state index is 0. The number of aliphatic imine (C=N–C) groups is 1. The van der Waals surface area contributed by atoms with E-state index in [2.05, 4.69) is 17.6 Å². The summed E-state index contributed by atoms with van der Waals surface area (Å²) in [5, 5.41) is 0. The van der Waals surface area contributed by atoms with E-state index in [1.807, 2.05) is 30.3 Å². The van der Waals surface area contributed by atoms with Crippen LogP contribution < -0.4 is 5.73 Å². The van der Waals surface area contributed by atoms with E-state index in [4.69, 9.17) is 5.73 Å². The van der Waals surface area contributed by atoms with Crippen molar-refractivity contribution in [3.8, 4) is 0 Å². The van der Waals surface area contributed by atoms with Crippen LogP contribution in [0.15, 0.2) is 35.3 Å². The Morgan fingerprint density at radius 2 is 1.93 bits per heavy atom. The molecule has 4 heteroatoms. The summed E-state index contributed by atoms with van der Waals surface area (Å²) < 4.78 is 0. The average molecular weight is 231 g/mol. The lowest BCUT2D eigenvalue weighted by Gasteiger charge is -1.98. The van der Waals surface area contributed by atoms with E-state index in [-0.39, 0.29) is 12.4 Å². The van der Waals surface area contributed by atoms with Gasteiger partial charge in [-0.2, -0.15) is 12.6 Å². The lowest BCUT2D eigenvalue weighted by atomic mass is 10.2. The molecule has 0 saturated heterocycles. The van der Waals surface area contributed by atoms with Gasteiger partial charge < -0.3 is 5.73 Å². The smallest absolute Gasteiger partial charge is 0.0949 e. The van der Waals surface area contributed by atoms with Crippen molar-refractivity contribution in [2.45, 2.75) is 13.0 Å². The summed E-state index contributed by atoms with van der Waals surface area (Å²) in [7, 11) is 0. The van der Waals surface area contributed by atoms with E-state index in [0.717, 1.165) is 12.2 Å². The van der Waals surface area contributed by atoms with Crippen molar-refractivity contribution >= 4 is 30.9 Å². The first kappa shape index (κ1) is 13.3. The Morgan fingerprint density at radius 3 is 2.50 bits per heavy atom. The molecule has 0 unspecified atom stereocenters. The fourth-order valence-corrected chi connectivity index (χ4v) is 1.20. The molecule has 14 heavy (non-hydrogen) atoms. The van der Waals surface area contributed by atoms with Gasteiger partial charge in [-0.15, -0.1) is 12.4 Å². The standard InChI is InChI=1S/C10H14N2S.ClH/c11-10(6-7-13)12-8-9-4-2-1-3-5-9;/h1-5,13H,6-8H2,(H2,11,12);1H. The van der Waals surface area contributed by atoms with Crippen LogP contribution in [0.4, 0.5) is 0 Å². The third-order valence-corrected chi connectivity index (χ3v) is 1.90. The van der Waals surface area contributed by atoms with Gasteiger partial charge in [0.05, 0.1) is 12.4 Å². The van der Waals surface area contributed by atoms with Crippen molar-refractivity contribution in [1.82, 2.24) is 0 Å². The fraction of sp³-hybridized carbons (Fsp3) is 0.300. The van der Waals surface area contributed by atoms with Gasteiger partial charge in [-0.05, 0) is 11.3 Å². The van der Waals surface area contributed by atoms with Crippen LogP contribution in [-0.4, -0.2) is 11.6 Å². The van der Waals surface area contributed by atoms with Gasteiger partial charge >= 0.3 is 0 Å². The highest BCUT2D eigenvalue weighted by molar-refractivity contribution is 7.80. The molecule has 0 aliphatic rings. The maximum atomic E-state index is 5.63. The number of amidine groups is 1.